The van der Waals surface area contributed by atoms with E-state index < -0.39 is 12.4 Å². The van der Waals surface area contributed by atoms with Gasteiger partial charge in [-0.15, -0.1) is 0 Å². The van der Waals surface area contributed by atoms with E-state index in [0.717, 1.165) is 6.20 Å². The van der Waals surface area contributed by atoms with Gasteiger partial charge in [0.2, 0.25) is 0 Å². The molecule has 94 valence electrons. The quantitative estimate of drug-likeness (QED) is 0.784. The average molecular weight is 264 g/mol. The lowest BCUT2D eigenvalue weighted by atomic mass is 10.1. The number of alkyl halides is 2. The van der Waals surface area contributed by atoms with E-state index in [1.165, 1.54) is 6.92 Å². The largest absolute Gasteiger partial charge is 0.466 e. The van der Waals surface area contributed by atoms with E-state index in [2.05, 4.69) is 4.98 Å². The normalized spacial score (nSPS) is 10.7. The first-order valence-electron chi connectivity index (χ1n) is 5.05. The fraction of sp³-hybridized carbons (Fsp3) is 0.455. The van der Waals surface area contributed by atoms with Gasteiger partial charge < -0.3 is 4.74 Å². The minimum atomic E-state index is -2.69. The van der Waals surface area contributed by atoms with Crippen LogP contribution in [0.1, 0.15) is 30.2 Å². The third kappa shape index (κ3) is 3.36. The molecule has 0 aliphatic rings. The predicted octanol–water partition coefficient (Wildman–Crippen LogP) is 3.09. The minimum absolute atomic E-state index is 0.0925. The van der Waals surface area contributed by atoms with Crippen LogP contribution in [-0.2, 0) is 16.0 Å². The Hall–Kier alpha value is -1.23. The molecule has 0 atom stereocenters. The highest BCUT2D eigenvalue weighted by atomic mass is 35.5. The topological polar surface area (TPSA) is 39.2 Å². The Bertz CT molecular complexity index is 424. The van der Waals surface area contributed by atoms with Gasteiger partial charge in [0, 0.05) is 11.8 Å². The van der Waals surface area contributed by atoms with Crippen LogP contribution in [0.3, 0.4) is 0 Å². The maximum Gasteiger partial charge on any atom is 0.311 e. The minimum Gasteiger partial charge on any atom is -0.466 e. The van der Waals surface area contributed by atoms with E-state index in [4.69, 9.17) is 16.3 Å². The van der Waals surface area contributed by atoms with Crippen LogP contribution in [0.15, 0.2) is 6.20 Å². The molecule has 17 heavy (non-hydrogen) atoms. The maximum absolute atomic E-state index is 12.7. The van der Waals surface area contributed by atoms with Gasteiger partial charge in [0.15, 0.2) is 0 Å². The Kier molecular flexibility index (Phi) is 4.81. The highest BCUT2D eigenvalue weighted by Gasteiger charge is 2.19. The maximum atomic E-state index is 12.7. The summed E-state index contributed by atoms with van der Waals surface area (Å²) in [6, 6.07) is 0. The van der Waals surface area contributed by atoms with Gasteiger partial charge in [-0.1, -0.05) is 11.6 Å². The van der Waals surface area contributed by atoms with Crippen LogP contribution >= 0.6 is 11.6 Å². The van der Waals surface area contributed by atoms with Gasteiger partial charge in [0.05, 0.1) is 23.7 Å². The summed E-state index contributed by atoms with van der Waals surface area (Å²) < 4.78 is 30.2. The van der Waals surface area contributed by atoms with Crippen molar-refractivity contribution >= 4 is 17.6 Å². The molecular weight excluding hydrogens is 252 g/mol. The van der Waals surface area contributed by atoms with Crippen LogP contribution in [-0.4, -0.2) is 17.6 Å². The summed E-state index contributed by atoms with van der Waals surface area (Å²) in [5, 5.41) is -0.0925. The lowest BCUT2D eigenvalue weighted by Gasteiger charge is -2.11. The third-order valence-corrected chi connectivity index (χ3v) is 2.56. The van der Waals surface area contributed by atoms with Gasteiger partial charge in [-0.2, -0.15) is 0 Å². The van der Waals surface area contributed by atoms with Crippen LogP contribution in [0.2, 0.25) is 5.02 Å². The van der Waals surface area contributed by atoms with Crippen LogP contribution in [0.5, 0.6) is 0 Å². The van der Waals surface area contributed by atoms with Gasteiger partial charge in [-0.05, 0) is 19.4 Å². The summed E-state index contributed by atoms with van der Waals surface area (Å²) in [7, 11) is 0. The van der Waals surface area contributed by atoms with Gasteiger partial charge in [0.25, 0.3) is 6.43 Å². The second kappa shape index (κ2) is 5.91. The standard InChI is InChI=1S/C11H12ClF2NO2/c1-3-17-9(16)4-8-6(2)10(11(13)14)7(12)5-15-8/h5,11H,3-4H2,1-2H3. The molecule has 0 amide bonds. The molecule has 0 radical (unpaired) electrons. The molecule has 1 aromatic heterocycles. The summed E-state index contributed by atoms with van der Waals surface area (Å²) in [6.45, 7) is 3.38. The zero-order valence-corrected chi connectivity index (χ0v) is 10.2. The molecule has 6 heteroatoms. The molecule has 0 bridgehead atoms. The Labute approximate surface area is 103 Å². The van der Waals surface area contributed by atoms with Crippen molar-refractivity contribution in [3.63, 3.8) is 0 Å². The molecule has 0 saturated carbocycles. The van der Waals surface area contributed by atoms with E-state index in [1.54, 1.807) is 6.92 Å². The smallest absolute Gasteiger partial charge is 0.311 e. The molecule has 0 saturated heterocycles. The summed E-state index contributed by atoms with van der Waals surface area (Å²) in [4.78, 5) is 15.1. The van der Waals surface area contributed by atoms with Crippen molar-refractivity contribution in [2.75, 3.05) is 6.61 Å². The zero-order chi connectivity index (χ0) is 13.0. The molecule has 0 fully saturated rings. The summed E-state index contributed by atoms with van der Waals surface area (Å²) >= 11 is 5.64. The monoisotopic (exact) mass is 263 g/mol. The fourth-order valence-corrected chi connectivity index (χ4v) is 1.70. The zero-order valence-electron chi connectivity index (χ0n) is 9.47. The SMILES string of the molecule is CCOC(=O)Cc1ncc(Cl)c(C(F)F)c1C. The molecule has 0 unspecified atom stereocenters. The first-order chi connectivity index (χ1) is 7.97. The number of aromatic nitrogens is 1. The molecule has 1 heterocycles. The number of halogens is 3. The first kappa shape index (κ1) is 13.8. The van der Waals surface area contributed by atoms with Crippen molar-refractivity contribution in [2.45, 2.75) is 26.7 Å². The van der Waals surface area contributed by atoms with Crippen LogP contribution in [0, 0.1) is 6.92 Å². The second-order valence-corrected chi connectivity index (χ2v) is 3.78. The average Bonchev–Trinajstić information content (AvgIpc) is 2.22. The van der Waals surface area contributed by atoms with E-state index in [9.17, 15) is 13.6 Å². The highest BCUT2D eigenvalue weighted by Crippen LogP contribution is 2.30. The van der Waals surface area contributed by atoms with Gasteiger partial charge in [0.1, 0.15) is 0 Å². The van der Waals surface area contributed by atoms with Crippen LogP contribution in [0.4, 0.5) is 8.78 Å². The fourth-order valence-electron chi connectivity index (χ4n) is 1.43. The predicted molar refractivity (Wildman–Crippen MR) is 59.3 cm³/mol. The number of carbonyl (C=O) groups is 1. The molecule has 0 N–H and O–H groups in total. The van der Waals surface area contributed by atoms with Crippen molar-refractivity contribution in [1.29, 1.82) is 0 Å². The molecule has 0 spiro atoms. The third-order valence-electron chi connectivity index (χ3n) is 2.26. The first-order valence-corrected chi connectivity index (χ1v) is 5.42. The van der Waals surface area contributed by atoms with E-state index in [-0.39, 0.29) is 34.9 Å². The Morgan fingerprint density at radius 1 is 1.59 bits per heavy atom. The van der Waals surface area contributed by atoms with Crippen LogP contribution in [0.25, 0.3) is 0 Å². The van der Waals surface area contributed by atoms with Crippen molar-refractivity contribution in [3.05, 3.63) is 28.0 Å². The molecule has 1 aromatic rings. The number of hydrogen-bond acceptors (Lipinski definition) is 3. The lowest BCUT2D eigenvalue weighted by Crippen LogP contribution is -2.11. The van der Waals surface area contributed by atoms with E-state index in [1.807, 2.05) is 0 Å². The number of ether oxygens (including phenoxy) is 1. The Morgan fingerprint density at radius 2 is 2.24 bits per heavy atom. The molecule has 0 aromatic carbocycles. The molecule has 3 nitrogen and oxygen atoms in total. The van der Waals surface area contributed by atoms with Crippen molar-refractivity contribution in [1.82, 2.24) is 4.98 Å². The summed E-state index contributed by atoms with van der Waals surface area (Å²) in [6.07, 6.45) is -1.69. The number of pyridine rings is 1. The Balaban J connectivity index is 3.02. The van der Waals surface area contributed by atoms with Crippen LogP contribution < -0.4 is 0 Å². The summed E-state index contributed by atoms with van der Waals surface area (Å²) in [5.74, 6) is -0.495. The van der Waals surface area contributed by atoms with Gasteiger partial charge >= 0.3 is 5.97 Å². The van der Waals surface area contributed by atoms with Gasteiger partial charge in [-0.3, -0.25) is 9.78 Å². The second-order valence-electron chi connectivity index (χ2n) is 3.37. The van der Waals surface area contributed by atoms with Crippen molar-refractivity contribution in [3.8, 4) is 0 Å². The highest BCUT2D eigenvalue weighted by molar-refractivity contribution is 6.31. The van der Waals surface area contributed by atoms with Gasteiger partial charge in [-0.25, -0.2) is 8.78 Å². The van der Waals surface area contributed by atoms with E-state index >= 15 is 0 Å². The number of carbonyl (C=O) groups excluding carboxylic acids is 1. The number of nitrogens with zero attached hydrogens (tertiary/aromatic N) is 1. The molecule has 0 aliphatic heterocycles. The Morgan fingerprint density at radius 3 is 2.76 bits per heavy atom. The number of hydrogen-bond donors (Lipinski definition) is 0. The lowest BCUT2D eigenvalue weighted by molar-refractivity contribution is -0.142. The number of rotatable bonds is 4. The van der Waals surface area contributed by atoms with E-state index in [0.29, 0.717) is 0 Å². The molecule has 1 rings (SSSR count). The molecular formula is C11H12ClF2NO2. The van der Waals surface area contributed by atoms with Crippen molar-refractivity contribution in [2.24, 2.45) is 0 Å². The number of esters is 1. The van der Waals surface area contributed by atoms with Crippen molar-refractivity contribution < 1.29 is 18.3 Å². The molecule has 0 aliphatic carbocycles. The summed E-state index contributed by atoms with van der Waals surface area (Å²) in [5.41, 5.74) is 0.227.